The fraction of sp³-hybridized carbons (Fsp3) is 0.0141. The molecular weight excluding hydrogens is 913 g/mol. The predicted octanol–water partition coefficient (Wildman–Crippen LogP) is 19.5. The van der Waals surface area contributed by atoms with Crippen LogP contribution in [0.25, 0.3) is 103 Å². The van der Waals surface area contributed by atoms with E-state index in [0.29, 0.717) is 0 Å². The van der Waals surface area contributed by atoms with Gasteiger partial charge in [-0.25, -0.2) is 0 Å². The van der Waals surface area contributed by atoms with Crippen molar-refractivity contribution in [3.63, 3.8) is 0 Å². The Morgan fingerprint density at radius 1 is 0.338 bits per heavy atom. The van der Waals surface area contributed by atoms with Gasteiger partial charge in [-0.05, 0) is 121 Å². The van der Waals surface area contributed by atoms with Gasteiger partial charge in [0.15, 0.2) is 0 Å². The molecule has 2 aromatic heterocycles. The first-order chi connectivity index (χ1) is 36.7. The molecule has 12 aromatic carbocycles. The second-order valence-corrected chi connectivity index (χ2v) is 20.9. The number of para-hydroxylation sites is 4. The molecular formula is C71H44N2S. The third-order valence-electron chi connectivity index (χ3n) is 16.2. The molecule has 0 bridgehead atoms. The highest BCUT2D eigenvalue weighted by Gasteiger charge is 2.51. The Morgan fingerprint density at radius 2 is 0.905 bits per heavy atom. The van der Waals surface area contributed by atoms with Gasteiger partial charge in [0.1, 0.15) is 0 Å². The first kappa shape index (κ1) is 41.3. The molecule has 0 fully saturated rings. The zero-order valence-corrected chi connectivity index (χ0v) is 41.0. The molecule has 2 aliphatic rings. The summed E-state index contributed by atoms with van der Waals surface area (Å²) in [4.78, 5) is 2.52. The molecule has 1 unspecified atom stereocenters. The van der Waals surface area contributed by atoms with E-state index in [1.807, 2.05) is 11.3 Å². The van der Waals surface area contributed by atoms with Gasteiger partial charge in [-0.2, -0.15) is 0 Å². The van der Waals surface area contributed by atoms with Crippen LogP contribution < -0.4 is 4.90 Å². The van der Waals surface area contributed by atoms with Crippen LogP contribution in [0, 0.1) is 0 Å². The van der Waals surface area contributed by atoms with Crippen molar-refractivity contribution in [2.24, 2.45) is 0 Å². The van der Waals surface area contributed by atoms with Gasteiger partial charge in [0.2, 0.25) is 0 Å². The van der Waals surface area contributed by atoms with Gasteiger partial charge < -0.3 is 9.47 Å². The van der Waals surface area contributed by atoms with E-state index in [4.69, 9.17) is 0 Å². The topological polar surface area (TPSA) is 8.17 Å². The highest BCUT2D eigenvalue weighted by Crippen LogP contribution is 2.62. The van der Waals surface area contributed by atoms with Crippen molar-refractivity contribution in [2.75, 3.05) is 4.90 Å². The number of rotatable bonds is 6. The van der Waals surface area contributed by atoms with E-state index in [9.17, 15) is 0 Å². The van der Waals surface area contributed by atoms with Crippen LogP contribution in [0.5, 0.6) is 0 Å². The molecule has 344 valence electrons. The number of anilines is 3. The highest BCUT2D eigenvalue weighted by atomic mass is 32.1. The molecule has 1 spiro atoms. The summed E-state index contributed by atoms with van der Waals surface area (Å²) < 4.78 is 5.16. The zero-order valence-electron chi connectivity index (χ0n) is 40.2. The van der Waals surface area contributed by atoms with Gasteiger partial charge in [0, 0.05) is 47.9 Å². The van der Waals surface area contributed by atoms with Crippen molar-refractivity contribution in [1.29, 1.82) is 0 Å². The monoisotopic (exact) mass is 956 g/mol. The lowest BCUT2D eigenvalue weighted by atomic mass is 9.65. The third-order valence-corrected chi connectivity index (χ3v) is 17.4. The normalized spacial score (nSPS) is 14.3. The van der Waals surface area contributed by atoms with Gasteiger partial charge in [-0.3, -0.25) is 0 Å². The van der Waals surface area contributed by atoms with Crippen LogP contribution in [0.1, 0.15) is 22.3 Å². The average Bonchev–Trinajstić information content (AvgIpc) is 4.19. The van der Waals surface area contributed by atoms with E-state index in [0.717, 1.165) is 22.6 Å². The minimum atomic E-state index is -0.596. The lowest BCUT2D eigenvalue weighted by Crippen LogP contribution is -2.33. The van der Waals surface area contributed by atoms with E-state index < -0.39 is 5.41 Å². The molecule has 16 rings (SSSR count). The predicted molar refractivity (Wildman–Crippen MR) is 313 cm³/mol. The Kier molecular flexibility index (Phi) is 8.86. The SMILES string of the molecule is c1ccc(-c2cccc3ccccc23)c(-c2ccccc2N(c2ccc(-c3cccc4c3sc3ccccc34)cc2)c2ccc3c(c2)C2(c4ccccc4-3)c3ccccc3-n3c4ccccc4c4cccc2c43)c1. The second kappa shape index (κ2) is 15.9. The van der Waals surface area contributed by atoms with Gasteiger partial charge in [0.05, 0.1) is 27.8 Å². The molecule has 1 aliphatic heterocycles. The zero-order chi connectivity index (χ0) is 48.5. The summed E-state index contributed by atoms with van der Waals surface area (Å²) in [7, 11) is 0. The molecule has 0 radical (unpaired) electrons. The number of benzene rings is 12. The van der Waals surface area contributed by atoms with Crippen molar-refractivity contribution in [1.82, 2.24) is 4.57 Å². The van der Waals surface area contributed by atoms with Crippen molar-refractivity contribution < 1.29 is 0 Å². The first-order valence-electron chi connectivity index (χ1n) is 25.6. The molecule has 14 aromatic rings. The third kappa shape index (κ3) is 5.70. The van der Waals surface area contributed by atoms with Crippen molar-refractivity contribution in [3.8, 4) is 50.2 Å². The van der Waals surface area contributed by atoms with Crippen molar-refractivity contribution >= 4 is 81.1 Å². The molecule has 0 saturated carbocycles. The van der Waals surface area contributed by atoms with Crippen LogP contribution >= 0.6 is 11.3 Å². The molecule has 0 amide bonds. The van der Waals surface area contributed by atoms with Crippen LogP contribution in [0.4, 0.5) is 17.1 Å². The van der Waals surface area contributed by atoms with Crippen LogP contribution in [0.2, 0.25) is 0 Å². The number of nitrogens with zero attached hydrogens (tertiary/aromatic N) is 2. The summed E-state index contributed by atoms with van der Waals surface area (Å²) in [6.45, 7) is 0. The van der Waals surface area contributed by atoms with E-state index in [1.165, 1.54) is 120 Å². The van der Waals surface area contributed by atoms with Crippen LogP contribution in [0.15, 0.2) is 267 Å². The lowest BCUT2D eigenvalue weighted by Gasteiger charge is -2.40. The molecule has 0 N–H and O–H groups in total. The highest BCUT2D eigenvalue weighted by molar-refractivity contribution is 7.26. The molecule has 74 heavy (non-hydrogen) atoms. The fourth-order valence-corrected chi connectivity index (χ4v) is 14.4. The quantitative estimate of drug-likeness (QED) is 0.161. The maximum absolute atomic E-state index is 2.53. The molecule has 0 saturated heterocycles. The van der Waals surface area contributed by atoms with Gasteiger partial charge >= 0.3 is 0 Å². The Morgan fingerprint density at radius 3 is 1.78 bits per heavy atom. The summed E-state index contributed by atoms with van der Waals surface area (Å²) in [5.41, 5.74) is 21.4. The number of hydrogen-bond donors (Lipinski definition) is 0. The number of thiophene rings is 1. The van der Waals surface area contributed by atoms with E-state index >= 15 is 0 Å². The minimum Gasteiger partial charge on any atom is -0.310 e. The molecule has 3 heterocycles. The summed E-state index contributed by atoms with van der Waals surface area (Å²) in [6, 6.07) is 99.8. The van der Waals surface area contributed by atoms with Gasteiger partial charge in [-0.1, -0.05) is 218 Å². The van der Waals surface area contributed by atoms with Crippen LogP contribution in [0.3, 0.4) is 0 Å². The fourth-order valence-electron chi connectivity index (χ4n) is 13.2. The second-order valence-electron chi connectivity index (χ2n) is 19.8. The first-order valence-corrected chi connectivity index (χ1v) is 26.4. The summed E-state index contributed by atoms with van der Waals surface area (Å²) in [5, 5.41) is 7.64. The molecule has 3 heteroatoms. The van der Waals surface area contributed by atoms with Crippen LogP contribution in [-0.2, 0) is 5.41 Å². The number of hydrogen-bond acceptors (Lipinski definition) is 2. The maximum atomic E-state index is 2.53. The Balaban J connectivity index is 0.955. The maximum Gasteiger partial charge on any atom is 0.0755 e. The summed E-state index contributed by atoms with van der Waals surface area (Å²) >= 11 is 1.88. The molecule has 2 nitrogen and oxygen atoms in total. The molecule has 1 atom stereocenters. The van der Waals surface area contributed by atoms with Crippen molar-refractivity contribution in [3.05, 3.63) is 289 Å². The van der Waals surface area contributed by atoms with Gasteiger partial charge in [0.25, 0.3) is 0 Å². The van der Waals surface area contributed by atoms with E-state index in [2.05, 4.69) is 276 Å². The van der Waals surface area contributed by atoms with Crippen LogP contribution in [-0.4, -0.2) is 4.57 Å². The Hall–Kier alpha value is -9.28. The Bertz CT molecular complexity index is 4620. The standard InChI is InChI=1S/C71H44N2S/c1-2-20-49-45(18-1)19-15-28-51(49)52-21-3-4-22-53(52)56-24-6-11-34-65(56)72(47-40-38-46(39-41-47)50-27-16-30-60-58-26-8-14-37-68(58)74-70(50)60)48-42-43-55-54-23-5-9-31-61(54)71(64(55)44-48)62-32-10-13-36-67(62)73-66-35-12-7-25-57(66)59-29-17-33-63(71)69(59)73/h1-44H. The van der Waals surface area contributed by atoms with E-state index in [-0.39, 0.29) is 0 Å². The minimum absolute atomic E-state index is 0.596. The van der Waals surface area contributed by atoms with Gasteiger partial charge in [-0.15, -0.1) is 11.3 Å². The summed E-state index contributed by atoms with van der Waals surface area (Å²) in [5.74, 6) is 0. The lowest BCUT2D eigenvalue weighted by molar-refractivity contribution is 0.748. The van der Waals surface area contributed by atoms with Crippen molar-refractivity contribution in [2.45, 2.75) is 5.41 Å². The number of fused-ring (bicyclic) bond motifs is 16. The summed E-state index contributed by atoms with van der Waals surface area (Å²) in [6.07, 6.45) is 0. The smallest absolute Gasteiger partial charge is 0.0755 e. The number of aromatic nitrogens is 1. The molecule has 1 aliphatic carbocycles. The average molecular weight is 957 g/mol. The van der Waals surface area contributed by atoms with E-state index in [1.54, 1.807) is 0 Å². The Labute approximate surface area is 432 Å². The largest absolute Gasteiger partial charge is 0.310 e.